The molecule has 2 rings (SSSR count). The van der Waals surface area contributed by atoms with Gasteiger partial charge in [0.2, 0.25) is 0 Å². The molecule has 0 bridgehead atoms. The normalized spacial score (nSPS) is 16.3. The third-order valence-corrected chi connectivity index (χ3v) is 3.79. The van der Waals surface area contributed by atoms with E-state index in [2.05, 4.69) is 42.3 Å². The lowest BCUT2D eigenvalue weighted by atomic mass is 9.99. The maximum atomic E-state index is 9.49. The summed E-state index contributed by atoms with van der Waals surface area (Å²) >= 11 is 0. The lowest BCUT2D eigenvalue weighted by molar-refractivity contribution is 0.243. The SMILES string of the molecule is CCCNC(CO)CN1CCCc2cc(C)ccc21. The van der Waals surface area contributed by atoms with Gasteiger partial charge in [0.1, 0.15) is 0 Å². The molecular formula is C16H26N2O. The number of aryl methyl sites for hydroxylation is 2. The first-order valence-electron chi connectivity index (χ1n) is 7.43. The molecule has 3 heteroatoms. The van der Waals surface area contributed by atoms with E-state index in [1.54, 1.807) is 0 Å². The van der Waals surface area contributed by atoms with Gasteiger partial charge in [0.05, 0.1) is 6.61 Å². The summed E-state index contributed by atoms with van der Waals surface area (Å²) in [7, 11) is 0. The molecular weight excluding hydrogens is 236 g/mol. The molecule has 0 spiro atoms. The van der Waals surface area contributed by atoms with Gasteiger partial charge in [0.15, 0.2) is 0 Å². The molecule has 1 aliphatic heterocycles. The number of aliphatic hydroxyl groups is 1. The standard InChI is InChI=1S/C16H26N2O/c1-3-8-17-15(12-19)11-18-9-4-5-14-10-13(2)6-7-16(14)18/h6-7,10,15,17,19H,3-5,8-9,11-12H2,1-2H3. The highest BCUT2D eigenvalue weighted by Gasteiger charge is 2.19. The van der Waals surface area contributed by atoms with Crippen molar-refractivity contribution in [1.29, 1.82) is 0 Å². The summed E-state index contributed by atoms with van der Waals surface area (Å²) in [6.45, 7) is 7.48. The average Bonchev–Trinajstić information content (AvgIpc) is 2.43. The maximum Gasteiger partial charge on any atom is 0.0601 e. The average molecular weight is 262 g/mol. The fraction of sp³-hybridized carbons (Fsp3) is 0.625. The lowest BCUT2D eigenvalue weighted by Gasteiger charge is -2.34. The van der Waals surface area contributed by atoms with Crippen LogP contribution in [0.25, 0.3) is 0 Å². The number of nitrogens with zero attached hydrogens (tertiary/aromatic N) is 1. The van der Waals surface area contributed by atoms with E-state index in [9.17, 15) is 5.11 Å². The fourth-order valence-electron chi connectivity index (χ4n) is 2.79. The Bertz CT molecular complexity index is 406. The molecule has 106 valence electrons. The van der Waals surface area contributed by atoms with Crippen LogP contribution in [0.3, 0.4) is 0 Å². The van der Waals surface area contributed by atoms with Crippen molar-refractivity contribution in [1.82, 2.24) is 5.32 Å². The summed E-state index contributed by atoms with van der Waals surface area (Å²) in [4.78, 5) is 2.42. The van der Waals surface area contributed by atoms with E-state index in [1.807, 2.05) is 0 Å². The highest BCUT2D eigenvalue weighted by atomic mass is 16.3. The van der Waals surface area contributed by atoms with Crippen LogP contribution in [0.1, 0.15) is 30.9 Å². The molecule has 1 aromatic carbocycles. The molecule has 0 radical (unpaired) electrons. The van der Waals surface area contributed by atoms with Crippen molar-refractivity contribution in [3.8, 4) is 0 Å². The van der Waals surface area contributed by atoms with Crippen molar-refractivity contribution in [2.75, 3.05) is 31.1 Å². The Labute approximate surface area is 116 Å². The Hall–Kier alpha value is -1.06. The monoisotopic (exact) mass is 262 g/mol. The largest absolute Gasteiger partial charge is 0.395 e. The Balaban J connectivity index is 2.06. The van der Waals surface area contributed by atoms with Gasteiger partial charge in [-0.15, -0.1) is 0 Å². The molecule has 1 heterocycles. The first-order chi connectivity index (χ1) is 9.24. The molecule has 1 aromatic rings. The van der Waals surface area contributed by atoms with Gasteiger partial charge >= 0.3 is 0 Å². The third-order valence-electron chi connectivity index (χ3n) is 3.79. The second kappa shape index (κ2) is 6.92. The zero-order valence-electron chi connectivity index (χ0n) is 12.2. The third kappa shape index (κ3) is 3.71. The highest BCUT2D eigenvalue weighted by molar-refractivity contribution is 5.56. The van der Waals surface area contributed by atoms with E-state index >= 15 is 0 Å². The number of fused-ring (bicyclic) bond motifs is 1. The van der Waals surface area contributed by atoms with Crippen LogP contribution in [0.15, 0.2) is 18.2 Å². The van der Waals surface area contributed by atoms with Gasteiger partial charge in [-0.3, -0.25) is 0 Å². The molecule has 0 saturated carbocycles. The Morgan fingerprint density at radius 3 is 3.00 bits per heavy atom. The van der Waals surface area contributed by atoms with Gasteiger partial charge in [-0.1, -0.05) is 24.6 Å². The van der Waals surface area contributed by atoms with Gasteiger partial charge in [-0.2, -0.15) is 0 Å². The summed E-state index contributed by atoms with van der Waals surface area (Å²) in [5.41, 5.74) is 4.15. The van der Waals surface area contributed by atoms with Crippen molar-refractivity contribution in [2.45, 2.75) is 39.2 Å². The van der Waals surface area contributed by atoms with E-state index in [-0.39, 0.29) is 12.6 Å². The van der Waals surface area contributed by atoms with Crippen LogP contribution < -0.4 is 10.2 Å². The van der Waals surface area contributed by atoms with Gasteiger partial charge in [-0.25, -0.2) is 0 Å². The van der Waals surface area contributed by atoms with Crippen LogP contribution in [0.2, 0.25) is 0 Å². The van der Waals surface area contributed by atoms with Gasteiger partial charge in [0, 0.05) is 24.8 Å². The van der Waals surface area contributed by atoms with Crippen molar-refractivity contribution in [2.24, 2.45) is 0 Å². The Morgan fingerprint density at radius 2 is 2.26 bits per heavy atom. The van der Waals surface area contributed by atoms with Crippen molar-refractivity contribution >= 4 is 5.69 Å². The van der Waals surface area contributed by atoms with Crippen LogP contribution in [0, 0.1) is 6.92 Å². The number of nitrogens with one attached hydrogen (secondary N) is 1. The van der Waals surface area contributed by atoms with Gasteiger partial charge < -0.3 is 15.3 Å². The molecule has 2 N–H and O–H groups in total. The molecule has 0 amide bonds. The number of benzene rings is 1. The summed E-state index contributed by atoms with van der Waals surface area (Å²) in [6, 6.07) is 6.89. The first-order valence-corrected chi connectivity index (χ1v) is 7.43. The van der Waals surface area contributed by atoms with E-state index in [0.717, 1.165) is 26.1 Å². The molecule has 0 aliphatic carbocycles. The predicted molar refractivity (Wildman–Crippen MR) is 80.9 cm³/mol. The highest BCUT2D eigenvalue weighted by Crippen LogP contribution is 2.27. The number of aliphatic hydroxyl groups excluding tert-OH is 1. The molecule has 0 aromatic heterocycles. The first kappa shape index (κ1) is 14.4. The molecule has 0 saturated heterocycles. The fourth-order valence-corrected chi connectivity index (χ4v) is 2.79. The van der Waals surface area contributed by atoms with Crippen LogP contribution in [0.4, 0.5) is 5.69 Å². The summed E-state index contributed by atoms with van der Waals surface area (Å²) in [5, 5.41) is 12.9. The van der Waals surface area contributed by atoms with E-state index in [1.165, 1.54) is 29.7 Å². The molecule has 1 aliphatic rings. The van der Waals surface area contributed by atoms with Crippen molar-refractivity contribution in [3.05, 3.63) is 29.3 Å². The summed E-state index contributed by atoms with van der Waals surface area (Å²) < 4.78 is 0. The van der Waals surface area contributed by atoms with Crippen LogP contribution >= 0.6 is 0 Å². The zero-order valence-corrected chi connectivity index (χ0v) is 12.2. The lowest BCUT2D eigenvalue weighted by Crippen LogP contribution is -2.45. The minimum absolute atomic E-state index is 0.173. The summed E-state index contributed by atoms with van der Waals surface area (Å²) in [5.74, 6) is 0. The quantitative estimate of drug-likeness (QED) is 0.824. The second-order valence-corrected chi connectivity index (χ2v) is 5.52. The topological polar surface area (TPSA) is 35.5 Å². The van der Waals surface area contributed by atoms with E-state index < -0.39 is 0 Å². The minimum Gasteiger partial charge on any atom is -0.395 e. The maximum absolute atomic E-state index is 9.49. The van der Waals surface area contributed by atoms with Crippen molar-refractivity contribution in [3.63, 3.8) is 0 Å². The van der Waals surface area contributed by atoms with Crippen LogP contribution in [0.5, 0.6) is 0 Å². The Morgan fingerprint density at radius 1 is 1.42 bits per heavy atom. The molecule has 19 heavy (non-hydrogen) atoms. The zero-order chi connectivity index (χ0) is 13.7. The second-order valence-electron chi connectivity index (χ2n) is 5.52. The molecule has 3 nitrogen and oxygen atoms in total. The van der Waals surface area contributed by atoms with E-state index in [4.69, 9.17) is 0 Å². The smallest absolute Gasteiger partial charge is 0.0601 e. The van der Waals surface area contributed by atoms with Gasteiger partial charge in [0.25, 0.3) is 0 Å². The molecule has 1 unspecified atom stereocenters. The van der Waals surface area contributed by atoms with Gasteiger partial charge in [-0.05, 0) is 44.4 Å². The number of hydrogen-bond acceptors (Lipinski definition) is 3. The molecule has 0 fully saturated rings. The Kier molecular flexibility index (Phi) is 5.23. The van der Waals surface area contributed by atoms with Crippen LogP contribution in [-0.2, 0) is 6.42 Å². The minimum atomic E-state index is 0.173. The number of rotatable bonds is 6. The van der Waals surface area contributed by atoms with Crippen molar-refractivity contribution < 1.29 is 5.11 Å². The predicted octanol–water partition coefficient (Wildman–Crippen LogP) is 2.11. The van der Waals surface area contributed by atoms with E-state index in [0.29, 0.717) is 0 Å². The number of hydrogen-bond donors (Lipinski definition) is 2. The summed E-state index contributed by atoms with van der Waals surface area (Å²) in [6.07, 6.45) is 3.49. The van der Waals surface area contributed by atoms with Crippen LogP contribution in [-0.4, -0.2) is 37.4 Å². The molecule has 1 atom stereocenters. The number of anilines is 1.